The molecule has 0 aliphatic rings. The summed E-state index contributed by atoms with van der Waals surface area (Å²) in [6.07, 6.45) is -1.70. The molecule has 0 spiro atoms. The van der Waals surface area contributed by atoms with Crippen LogP contribution < -0.4 is 10.6 Å². The largest absolute Gasteiger partial charge is 0.450 e. The van der Waals surface area contributed by atoms with Crippen molar-refractivity contribution in [1.29, 1.82) is 0 Å². The number of hydrogen-bond acceptors (Lipinski definition) is 6. The van der Waals surface area contributed by atoms with E-state index in [9.17, 15) is 32.3 Å². The fourth-order valence-corrected chi connectivity index (χ4v) is 3.43. The van der Waals surface area contributed by atoms with Crippen molar-refractivity contribution < 1.29 is 32.3 Å². The molecule has 1 atom stereocenters. The van der Waals surface area contributed by atoms with E-state index in [1.807, 2.05) is 0 Å². The van der Waals surface area contributed by atoms with E-state index >= 15 is 0 Å². The number of aromatic nitrogens is 2. The lowest BCUT2D eigenvalue weighted by Gasteiger charge is -2.18. The predicted octanol–water partition coefficient (Wildman–Crippen LogP) is 2.99. The molecule has 2 aromatic rings. The standard InChI is InChI=1S/C20H21F3N4O4S/c1-12(28)13-4-2-5-14(10-13)26-18(30)15(27-19(31)17-24-7-8-25-17)6-3-9-32-11-16(29)20(21,22)23/h2,4-5,7-8,10,15H,3,6,9,11H2,1H3,(H,24,25)(H,26,30)(H,27,31)/t15-/m0/s1. The van der Waals surface area contributed by atoms with Crippen molar-refractivity contribution in [3.63, 3.8) is 0 Å². The summed E-state index contributed by atoms with van der Waals surface area (Å²) < 4.78 is 36.8. The number of amides is 2. The van der Waals surface area contributed by atoms with Gasteiger partial charge in [-0.15, -0.1) is 0 Å². The monoisotopic (exact) mass is 470 g/mol. The number of nitrogens with zero attached hydrogens (tertiary/aromatic N) is 1. The van der Waals surface area contributed by atoms with Crippen LogP contribution in [0.4, 0.5) is 18.9 Å². The van der Waals surface area contributed by atoms with Gasteiger partial charge in [0.15, 0.2) is 11.6 Å². The molecule has 1 aromatic heterocycles. The first-order chi connectivity index (χ1) is 15.1. The van der Waals surface area contributed by atoms with Crippen LogP contribution in [0.2, 0.25) is 0 Å². The molecule has 0 bridgehead atoms. The Bertz CT molecular complexity index is 964. The predicted molar refractivity (Wildman–Crippen MR) is 113 cm³/mol. The van der Waals surface area contributed by atoms with Gasteiger partial charge < -0.3 is 15.6 Å². The number of anilines is 1. The Morgan fingerprint density at radius 3 is 2.59 bits per heavy atom. The number of carbonyl (C=O) groups is 4. The molecular formula is C20H21F3N4O4S. The number of Topliss-reactive ketones (excluding diaryl/α,β-unsaturated/α-hetero) is 2. The lowest BCUT2D eigenvalue weighted by Crippen LogP contribution is -2.44. The molecule has 0 saturated heterocycles. The van der Waals surface area contributed by atoms with E-state index in [0.717, 1.165) is 11.8 Å². The lowest BCUT2D eigenvalue weighted by atomic mass is 10.1. The highest BCUT2D eigenvalue weighted by molar-refractivity contribution is 7.99. The summed E-state index contributed by atoms with van der Waals surface area (Å²) in [6.45, 7) is 1.38. The fraction of sp³-hybridized carbons (Fsp3) is 0.350. The van der Waals surface area contributed by atoms with Gasteiger partial charge in [-0.3, -0.25) is 19.2 Å². The molecule has 172 valence electrons. The van der Waals surface area contributed by atoms with Crippen molar-refractivity contribution in [3.05, 3.63) is 48.0 Å². The molecule has 2 amide bonds. The number of alkyl halides is 3. The molecule has 8 nitrogen and oxygen atoms in total. The third-order valence-electron chi connectivity index (χ3n) is 4.20. The van der Waals surface area contributed by atoms with Gasteiger partial charge in [-0.25, -0.2) is 4.98 Å². The van der Waals surface area contributed by atoms with Crippen LogP contribution >= 0.6 is 11.8 Å². The van der Waals surface area contributed by atoms with E-state index in [1.165, 1.54) is 25.4 Å². The van der Waals surface area contributed by atoms with Crippen molar-refractivity contribution in [2.45, 2.75) is 32.0 Å². The Balaban J connectivity index is 1.99. The summed E-state index contributed by atoms with van der Waals surface area (Å²) in [6, 6.07) is 5.23. The van der Waals surface area contributed by atoms with Crippen LogP contribution in [-0.2, 0) is 9.59 Å². The quantitative estimate of drug-likeness (QED) is 0.343. The number of carbonyl (C=O) groups excluding carboxylic acids is 4. The minimum absolute atomic E-state index is 0.00785. The highest BCUT2D eigenvalue weighted by Crippen LogP contribution is 2.19. The van der Waals surface area contributed by atoms with Gasteiger partial charge in [0.2, 0.25) is 11.7 Å². The number of ketones is 2. The maximum atomic E-state index is 12.8. The number of rotatable bonds is 11. The SMILES string of the molecule is CC(=O)c1cccc(NC(=O)[C@H](CCCSCC(=O)C(F)(F)F)NC(=O)c2ncc[nH]2)c1. The molecule has 32 heavy (non-hydrogen) atoms. The molecular weight excluding hydrogens is 449 g/mol. The lowest BCUT2D eigenvalue weighted by molar-refractivity contribution is -0.167. The van der Waals surface area contributed by atoms with E-state index in [4.69, 9.17) is 0 Å². The van der Waals surface area contributed by atoms with E-state index in [1.54, 1.807) is 18.2 Å². The molecule has 1 heterocycles. The second-order valence-electron chi connectivity index (χ2n) is 6.71. The van der Waals surface area contributed by atoms with E-state index in [2.05, 4.69) is 20.6 Å². The second-order valence-corrected chi connectivity index (χ2v) is 7.81. The number of thioether (sulfide) groups is 1. The first kappa shape index (κ1) is 25.1. The number of nitrogens with one attached hydrogen (secondary N) is 3. The first-order valence-corrected chi connectivity index (χ1v) is 10.6. The molecule has 0 aliphatic heterocycles. The number of imidazole rings is 1. The van der Waals surface area contributed by atoms with Crippen LogP contribution in [0.15, 0.2) is 36.7 Å². The summed E-state index contributed by atoms with van der Waals surface area (Å²) >= 11 is 0.798. The minimum Gasteiger partial charge on any atom is -0.341 e. The van der Waals surface area contributed by atoms with Crippen LogP contribution in [0.3, 0.4) is 0 Å². The topological polar surface area (TPSA) is 121 Å². The normalized spacial score (nSPS) is 12.1. The Hall–Kier alpha value is -3.15. The molecule has 0 aliphatic carbocycles. The average Bonchev–Trinajstić information content (AvgIpc) is 3.26. The Morgan fingerprint density at radius 2 is 1.97 bits per heavy atom. The van der Waals surface area contributed by atoms with Gasteiger partial charge in [-0.05, 0) is 37.7 Å². The maximum Gasteiger partial charge on any atom is 0.450 e. The fourth-order valence-electron chi connectivity index (χ4n) is 2.57. The summed E-state index contributed by atoms with van der Waals surface area (Å²) in [5.74, 6) is -3.75. The van der Waals surface area contributed by atoms with Gasteiger partial charge in [-0.2, -0.15) is 24.9 Å². The van der Waals surface area contributed by atoms with Crippen molar-refractivity contribution in [2.24, 2.45) is 0 Å². The van der Waals surface area contributed by atoms with Crippen molar-refractivity contribution in [1.82, 2.24) is 15.3 Å². The van der Waals surface area contributed by atoms with Gasteiger partial charge in [0, 0.05) is 23.6 Å². The molecule has 1 aromatic carbocycles. The average molecular weight is 470 g/mol. The van der Waals surface area contributed by atoms with Gasteiger partial charge in [-0.1, -0.05) is 12.1 Å². The number of aromatic amines is 1. The highest BCUT2D eigenvalue weighted by atomic mass is 32.2. The van der Waals surface area contributed by atoms with Gasteiger partial charge in [0.25, 0.3) is 5.91 Å². The number of halogens is 3. The second kappa shape index (κ2) is 11.5. The molecule has 2 rings (SSSR count). The van der Waals surface area contributed by atoms with Crippen LogP contribution in [-0.4, -0.2) is 57.1 Å². The Labute approximate surface area is 185 Å². The van der Waals surface area contributed by atoms with Crippen molar-refractivity contribution in [2.75, 3.05) is 16.8 Å². The maximum absolute atomic E-state index is 12.8. The molecule has 12 heteroatoms. The van der Waals surface area contributed by atoms with E-state index < -0.39 is 35.6 Å². The first-order valence-electron chi connectivity index (χ1n) is 9.48. The molecule has 0 fully saturated rings. The molecule has 3 N–H and O–H groups in total. The number of H-pyrrole nitrogens is 1. The van der Waals surface area contributed by atoms with E-state index in [-0.39, 0.29) is 30.2 Å². The third-order valence-corrected chi connectivity index (χ3v) is 5.25. The van der Waals surface area contributed by atoms with Crippen molar-refractivity contribution >= 4 is 40.8 Å². The van der Waals surface area contributed by atoms with Gasteiger partial charge >= 0.3 is 6.18 Å². The zero-order valence-corrected chi connectivity index (χ0v) is 17.8. The van der Waals surface area contributed by atoms with Crippen LogP contribution in [0.25, 0.3) is 0 Å². The minimum atomic E-state index is -4.87. The van der Waals surface area contributed by atoms with Gasteiger partial charge in [0.1, 0.15) is 6.04 Å². The molecule has 0 radical (unpaired) electrons. The van der Waals surface area contributed by atoms with Crippen LogP contribution in [0.5, 0.6) is 0 Å². The Morgan fingerprint density at radius 1 is 1.22 bits per heavy atom. The molecule has 0 unspecified atom stereocenters. The summed E-state index contributed by atoms with van der Waals surface area (Å²) in [7, 11) is 0. The van der Waals surface area contributed by atoms with Crippen LogP contribution in [0.1, 0.15) is 40.7 Å². The van der Waals surface area contributed by atoms with E-state index in [0.29, 0.717) is 11.3 Å². The summed E-state index contributed by atoms with van der Waals surface area (Å²) in [4.78, 5) is 53.9. The van der Waals surface area contributed by atoms with Crippen LogP contribution in [0, 0.1) is 0 Å². The number of benzene rings is 1. The number of hydrogen-bond donors (Lipinski definition) is 3. The zero-order chi connectivity index (χ0) is 23.7. The molecule has 0 saturated carbocycles. The van der Waals surface area contributed by atoms with Crippen molar-refractivity contribution in [3.8, 4) is 0 Å². The summed E-state index contributed by atoms with van der Waals surface area (Å²) in [5.41, 5.74) is 0.745. The highest BCUT2D eigenvalue weighted by Gasteiger charge is 2.37. The zero-order valence-electron chi connectivity index (χ0n) is 17.0. The van der Waals surface area contributed by atoms with Gasteiger partial charge in [0.05, 0.1) is 5.75 Å². The third kappa shape index (κ3) is 7.84. The smallest absolute Gasteiger partial charge is 0.341 e. The summed E-state index contributed by atoms with van der Waals surface area (Å²) in [5, 5.41) is 5.15. The Kier molecular flexibility index (Phi) is 9.00.